The summed E-state index contributed by atoms with van der Waals surface area (Å²) in [5.41, 5.74) is 2.42. The molecule has 0 bridgehead atoms. The van der Waals surface area contributed by atoms with Gasteiger partial charge in [-0.15, -0.1) is 0 Å². The van der Waals surface area contributed by atoms with E-state index in [1.165, 1.54) is 18.2 Å². The lowest BCUT2D eigenvalue weighted by Crippen LogP contribution is -2.52. The van der Waals surface area contributed by atoms with Crippen LogP contribution in [0.2, 0.25) is 10.0 Å². The summed E-state index contributed by atoms with van der Waals surface area (Å²) in [6, 6.07) is 9.58. The number of hydrogen-bond donors (Lipinski definition) is 0. The van der Waals surface area contributed by atoms with Crippen molar-refractivity contribution in [1.29, 1.82) is 0 Å². The number of rotatable bonds is 5. The molecule has 2 fully saturated rings. The minimum absolute atomic E-state index is 0.0597. The van der Waals surface area contributed by atoms with Crippen LogP contribution in [0.25, 0.3) is 0 Å². The molecule has 2 aromatic carbocycles. The molecule has 0 spiro atoms. The van der Waals surface area contributed by atoms with Crippen molar-refractivity contribution in [2.24, 2.45) is 11.8 Å². The van der Waals surface area contributed by atoms with Gasteiger partial charge < -0.3 is 0 Å². The Hall–Kier alpha value is -2.70. The summed E-state index contributed by atoms with van der Waals surface area (Å²) in [5.74, 6) is -2.87. The largest absolute Gasteiger partial charge is 0.292 e. The Balaban J connectivity index is 1.72. The van der Waals surface area contributed by atoms with Gasteiger partial charge in [0, 0.05) is 10.6 Å². The fourth-order valence-electron chi connectivity index (χ4n) is 4.56. The maximum Gasteiger partial charge on any atom is 0.274 e. The van der Waals surface area contributed by atoms with Crippen molar-refractivity contribution in [2.45, 2.75) is 39.5 Å². The van der Waals surface area contributed by atoms with Gasteiger partial charge in [0.2, 0.25) is 0 Å². The van der Waals surface area contributed by atoms with E-state index in [1.807, 2.05) is 19.9 Å². The standard InChI is InChI=1S/C25H24Cl2N2O4/c1-14-7-8-16(11-15(14)2)22(30)13-28(23(31)20-10-9-17(26)12-21(20)27)29-24(32)18-5-3-4-6-19(18)25(29)33/h7-12,18-19H,3-6,13H2,1-2H3/t18-,19-/m0/s1. The highest BCUT2D eigenvalue weighted by Crippen LogP contribution is 2.39. The van der Waals surface area contributed by atoms with E-state index >= 15 is 0 Å². The molecule has 2 atom stereocenters. The Kier molecular flexibility index (Phi) is 6.59. The van der Waals surface area contributed by atoms with E-state index in [-0.39, 0.29) is 16.4 Å². The zero-order valence-electron chi connectivity index (χ0n) is 18.4. The SMILES string of the molecule is Cc1ccc(C(=O)CN(C(=O)c2ccc(Cl)cc2Cl)N2C(=O)[C@H]3CCCC[C@@H]3C2=O)cc1C. The molecular formula is C25H24Cl2N2O4. The fourth-order valence-corrected chi connectivity index (χ4v) is 5.05. The summed E-state index contributed by atoms with van der Waals surface area (Å²) >= 11 is 12.2. The van der Waals surface area contributed by atoms with E-state index < -0.39 is 36.1 Å². The summed E-state index contributed by atoms with van der Waals surface area (Å²) in [5, 5.41) is 2.25. The lowest BCUT2D eigenvalue weighted by atomic mass is 9.81. The maximum absolute atomic E-state index is 13.5. The topological polar surface area (TPSA) is 74.8 Å². The first-order valence-corrected chi connectivity index (χ1v) is 11.7. The third-order valence-electron chi connectivity index (χ3n) is 6.58. The quantitative estimate of drug-likeness (QED) is 0.438. The van der Waals surface area contributed by atoms with Gasteiger partial charge in [-0.1, -0.05) is 48.2 Å². The van der Waals surface area contributed by atoms with Crippen LogP contribution in [0, 0.1) is 25.7 Å². The average molecular weight is 487 g/mol. The molecule has 0 unspecified atom stereocenters. The normalized spacial score (nSPS) is 20.1. The number of hydrogen-bond acceptors (Lipinski definition) is 4. The lowest BCUT2D eigenvalue weighted by Gasteiger charge is -2.30. The number of halogens is 2. The van der Waals surface area contributed by atoms with E-state index in [0.29, 0.717) is 23.4 Å². The maximum atomic E-state index is 13.5. The summed E-state index contributed by atoms with van der Waals surface area (Å²) in [4.78, 5) is 53.2. The minimum Gasteiger partial charge on any atom is -0.292 e. The summed E-state index contributed by atoms with van der Waals surface area (Å²) in [6.07, 6.45) is 2.90. The first-order valence-electron chi connectivity index (χ1n) is 10.9. The monoisotopic (exact) mass is 486 g/mol. The van der Waals surface area contributed by atoms with Crippen LogP contribution >= 0.6 is 23.2 Å². The number of aryl methyl sites for hydroxylation is 2. The Morgan fingerprint density at radius 1 is 0.939 bits per heavy atom. The molecule has 0 N–H and O–H groups in total. The van der Waals surface area contributed by atoms with E-state index in [0.717, 1.165) is 34.0 Å². The molecule has 1 saturated carbocycles. The molecule has 6 nitrogen and oxygen atoms in total. The van der Waals surface area contributed by atoms with Gasteiger partial charge in [0.15, 0.2) is 5.78 Å². The fraction of sp³-hybridized carbons (Fsp3) is 0.360. The van der Waals surface area contributed by atoms with Gasteiger partial charge >= 0.3 is 0 Å². The molecule has 2 aromatic rings. The number of carbonyl (C=O) groups is 4. The van der Waals surface area contributed by atoms with Gasteiger partial charge in [0.25, 0.3) is 17.7 Å². The molecule has 1 aliphatic carbocycles. The number of amides is 3. The predicted octanol–water partition coefficient (Wildman–Crippen LogP) is 5.03. The molecule has 8 heteroatoms. The Bertz CT molecular complexity index is 1140. The van der Waals surface area contributed by atoms with Gasteiger partial charge in [-0.3, -0.25) is 19.2 Å². The van der Waals surface area contributed by atoms with Crippen LogP contribution in [0.5, 0.6) is 0 Å². The van der Waals surface area contributed by atoms with Crippen molar-refractivity contribution < 1.29 is 19.2 Å². The third kappa shape index (κ3) is 4.42. The number of Topliss-reactive ketones (excluding diaryl/α,β-unsaturated/α-hetero) is 1. The van der Waals surface area contributed by atoms with E-state index in [1.54, 1.807) is 12.1 Å². The minimum atomic E-state index is -0.700. The molecule has 172 valence electrons. The zero-order valence-corrected chi connectivity index (χ0v) is 19.9. The highest BCUT2D eigenvalue weighted by atomic mass is 35.5. The summed E-state index contributed by atoms with van der Waals surface area (Å²) in [7, 11) is 0. The van der Waals surface area contributed by atoms with Gasteiger partial charge in [-0.05, 0) is 62.1 Å². The second-order valence-corrected chi connectivity index (χ2v) is 9.54. The molecule has 0 aromatic heterocycles. The van der Waals surface area contributed by atoms with E-state index in [9.17, 15) is 19.2 Å². The van der Waals surface area contributed by atoms with Gasteiger partial charge in [0.05, 0.1) is 22.4 Å². The van der Waals surface area contributed by atoms with Crippen molar-refractivity contribution in [1.82, 2.24) is 10.0 Å². The van der Waals surface area contributed by atoms with Crippen LogP contribution in [0.4, 0.5) is 0 Å². The zero-order chi connectivity index (χ0) is 23.9. The van der Waals surface area contributed by atoms with Gasteiger partial charge in [-0.2, -0.15) is 5.01 Å². The molecule has 1 heterocycles. The van der Waals surface area contributed by atoms with Crippen molar-refractivity contribution in [3.63, 3.8) is 0 Å². The second-order valence-electron chi connectivity index (χ2n) is 8.69. The molecule has 2 aliphatic rings. The first kappa shape index (κ1) is 23.5. The molecule has 4 rings (SSSR count). The summed E-state index contributed by atoms with van der Waals surface area (Å²) < 4.78 is 0. The van der Waals surface area contributed by atoms with Crippen molar-refractivity contribution >= 4 is 46.7 Å². The number of fused-ring (bicyclic) bond motifs is 1. The van der Waals surface area contributed by atoms with Crippen LogP contribution < -0.4 is 0 Å². The summed E-state index contributed by atoms with van der Waals surface area (Å²) in [6.45, 7) is 3.36. The second kappa shape index (κ2) is 9.27. The Morgan fingerprint density at radius 3 is 2.15 bits per heavy atom. The lowest BCUT2D eigenvalue weighted by molar-refractivity contribution is -0.154. The first-order chi connectivity index (χ1) is 15.7. The van der Waals surface area contributed by atoms with E-state index in [4.69, 9.17) is 23.2 Å². The molecule has 3 amide bonds. The number of imide groups is 1. The molecule has 1 aliphatic heterocycles. The highest BCUT2D eigenvalue weighted by Gasteiger charge is 2.52. The average Bonchev–Trinajstić information content (AvgIpc) is 3.04. The van der Waals surface area contributed by atoms with Crippen LogP contribution in [-0.4, -0.2) is 40.1 Å². The van der Waals surface area contributed by atoms with Gasteiger partial charge in [-0.25, -0.2) is 5.01 Å². The Morgan fingerprint density at radius 2 is 1.58 bits per heavy atom. The van der Waals surface area contributed by atoms with Crippen LogP contribution in [-0.2, 0) is 9.59 Å². The van der Waals surface area contributed by atoms with Gasteiger partial charge in [0.1, 0.15) is 6.54 Å². The molecular weight excluding hydrogens is 463 g/mol. The number of hydrazine groups is 1. The number of carbonyl (C=O) groups excluding carboxylic acids is 4. The molecule has 1 saturated heterocycles. The highest BCUT2D eigenvalue weighted by molar-refractivity contribution is 6.36. The van der Waals surface area contributed by atoms with Crippen molar-refractivity contribution in [3.05, 3.63) is 68.7 Å². The molecule has 0 radical (unpaired) electrons. The van der Waals surface area contributed by atoms with Crippen molar-refractivity contribution in [2.75, 3.05) is 6.54 Å². The number of nitrogens with zero attached hydrogens (tertiary/aromatic N) is 2. The van der Waals surface area contributed by atoms with E-state index in [2.05, 4.69) is 0 Å². The van der Waals surface area contributed by atoms with Crippen LogP contribution in [0.15, 0.2) is 36.4 Å². The number of ketones is 1. The van der Waals surface area contributed by atoms with Crippen LogP contribution in [0.3, 0.4) is 0 Å². The Labute approximate surface area is 202 Å². The van der Waals surface area contributed by atoms with Crippen LogP contribution in [0.1, 0.15) is 57.5 Å². The number of benzene rings is 2. The smallest absolute Gasteiger partial charge is 0.274 e. The molecule has 33 heavy (non-hydrogen) atoms. The van der Waals surface area contributed by atoms with Crippen molar-refractivity contribution in [3.8, 4) is 0 Å². The third-order valence-corrected chi connectivity index (χ3v) is 7.13. The predicted molar refractivity (Wildman–Crippen MR) is 125 cm³/mol.